The van der Waals surface area contributed by atoms with Crippen LogP contribution >= 0.6 is 0 Å². The van der Waals surface area contributed by atoms with Gasteiger partial charge < -0.3 is 5.32 Å². The lowest BCUT2D eigenvalue weighted by Crippen LogP contribution is -2.23. The third-order valence-corrected chi connectivity index (χ3v) is 3.04. The van der Waals surface area contributed by atoms with E-state index in [0.717, 1.165) is 25.2 Å². The number of unbranched alkanes of at least 4 members (excludes halogenated alkanes) is 1. The highest BCUT2D eigenvalue weighted by molar-refractivity contribution is 5.83. The molecule has 0 bridgehead atoms. The van der Waals surface area contributed by atoms with Crippen LogP contribution in [0, 0.1) is 11.3 Å². The van der Waals surface area contributed by atoms with E-state index in [1.165, 1.54) is 18.4 Å². The van der Waals surface area contributed by atoms with Crippen LogP contribution in [0.1, 0.15) is 39.0 Å². The molecule has 0 atom stereocenters. The molecule has 3 heteroatoms. The molecule has 1 aliphatic rings. The number of nitriles is 1. The first-order valence-electron chi connectivity index (χ1n) is 6.19. The first-order chi connectivity index (χ1) is 8.27. The first-order valence-corrected chi connectivity index (χ1v) is 6.19. The van der Waals surface area contributed by atoms with Crippen molar-refractivity contribution in [2.24, 2.45) is 4.99 Å². The maximum Gasteiger partial charge on any atom is 0.110 e. The molecule has 0 aromatic heterocycles. The van der Waals surface area contributed by atoms with Gasteiger partial charge >= 0.3 is 0 Å². The molecule has 0 saturated heterocycles. The Bertz CT molecular complexity index is 369. The Balaban J connectivity index is 2.09. The fourth-order valence-electron chi connectivity index (χ4n) is 1.95. The third kappa shape index (κ3) is 4.86. The fraction of sp³-hybridized carbons (Fsp3) is 0.571. The zero-order chi connectivity index (χ0) is 12.5. The molecule has 1 rings (SSSR count). The minimum Gasteiger partial charge on any atom is -0.373 e. The average molecular weight is 231 g/mol. The lowest BCUT2D eigenvalue weighted by molar-refractivity contribution is 0.697. The number of hydrogen-bond acceptors (Lipinski definition) is 2. The molecular formula is C14H21N3. The Morgan fingerprint density at radius 1 is 1.53 bits per heavy atom. The minimum absolute atomic E-state index is 0.380. The largest absolute Gasteiger partial charge is 0.373 e. The summed E-state index contributed by atoms with van der Waals surface area (Å²) in [4.78, 5) is 4.03. The number of nitrogens with one attached hydrogen (secondary N) is 1. The van der Waals surface area contributed by atoms with Crippen molar-refractivity contribution >= 4 is 5.84 Å². The number of nitrogens with zero attached hydrogens (tertiary/aromatic N) is 2. The average Bonchev–Trinajstić information content (AvgIpc) is 2.73. The molecule has 0 amide bonds. The van der Waals surface area contributed by atoms with E-state index >= 15 is 0 Å². The lowest BCUT2D eigenvalue weighted by Gasteiger charge is -2.07. The smallest absolute Gasteiger partial charge is 0.110 e. The number of amidine groups is 1. The molecule has 0 radical (unpaired) electrons. The van der Waals surface area contributed by atoms with E-state index in [9.17, 15) is 0 Å². The molecule has 0 spiro atoms. The molecule has 0 aromatic rings. The van der Waals surface area contributed by atoms with E-state index in [1.807, 2.05) is 0 Å². The monoisotopic (exact) mass is 231 g/mol. The third-order valence-electron chi connectivity index (χ3n) is 3.04. The Hall–Kier alpha value is -1.56. The van der Waals surface area contributed by atoms with E-state index in [4.69, 9.17) is 5.26 Å². The predicted molar refractivity (Wildman–Crippen MR) is 71.9 cm³/mol. The molecule has 3 nitrogen and oxygen atoms in total. The SMILES string of the molecule is CN=C(CC#N)NCCCCC1=C(C)C=CC1. The molecule has 92 valence electrons. The number of rotatable bonds is 6. The Kier molecular flexibility index (Phi) is 6.09. The van der Waals surface area contributed by atoms with Crippen molar-refractivity contribution in [3.05, 3.63) is 23.3 Å². The zero-order valence-corrected chi connectivity index (χ0v) is 10.8. The lowest BCUT2D eigenvalue weighted by atomic mass is 10.0. The second kappa shape index (κ2) is 7.67. The molecule has 0 aliphatic heterocycles. The van der Waals surface area contributed by atoms with Gasteiger partial charge in [-0.15, -0.1) is 0 Å². The van der Waals surface area contributed by atoms with Gasteiger partial charge in [-0.25, -0.2) is 0 Å². The van der Waals surface area contributed by atoms with Gasteiger partial charge in [0.1, 0.15) is 5.84 Å². The van der Waals surface area contributed by atoms with Gasteiger partial charge in [-0.1, -0.05) is 23.3 Å². The second-order valence-corrected chi connectivity index (χ2v) is 4.28. The number of hydrogen-bond donors (Lipinski definition) is 1. The summed E-state index contributed by atoms with van der Waals surface area (Å²) in [6.07, 6.45) is 9.48. The van der Waals surface area contributed by atoms with Crippen molar-refractivity contribution in [3.8, 4) is 6.07 Å². The van der Waals surface area contributed by atoms with Crippen LogP contribution in [0.25, 0.3) is 0 Å². The predicted octanol–water partition coefficient (Wildman–Crippen LogP) is 2.96. The summed E-state index contributed by atoms with van der Waals surface area (Å²) in [5, 5.41) is 11.8. The van der Waals surface area contributed by atoms with E-state index in [2.05, 4.69) is 35.5 Å². The van der Waals surface area contributed by atoms with Crippen LogP contribution < -0.4 is 5.32 Å². The Labute approximate surface area is 104 Å². The maximum absolute atomic E-state index is 8.56. The van der Waals surface area contributed by atoms with Crippen molar-refractivity contribution in [1.82, 2.24) is 5.32 Å². The highest BCUT2D eigenvalue weighted by Gasteiger charge is 2.04. The molecule has 0 unspecified atom stereocenters. The summed E-state index contributed by atoms with van der Waals surface area (Å²) in [6, 6.07) is 2.10. The van der Waals surface area contributed by atoms with Crippen LogP contribution in [0.15, 0.2) is 28.3 Å². The standard InChI is InChI=1S/C14H21N3/c1-12-6-5-8-13(12)7-3-4-11-17-14(16-2)9-10-15/h5-6H,3-4,7-9,11H2,1-2H3,(H,16,17). The molecule has 0 aromatic carbocycles. The van der Waals surface area contributed by atoms with Crippen molar-refractivity contribution in [1.29, 1.82) is 5.26 Å². The van der Waals surface area contributed by atoms with Crippen LogP contribution in [0.3, 0.4) is 0 Å². The van der Waals surface area contributed by atoms with Crippen molar-refractivity contribution in [3.63, 3.8) is 0 Å². The van der Waals surface area contributed by atoms with Crippen LogP contribution in [0.5, 0.6) is 0 Å². The van der Waals surface area contributed by atoms with E-state index < -0.39 is 0 Å². The summed E-state index contributed by atoms with van der Waals surface area (Å²) in [5.74, 6) is 0.797. The van der Waals surface area contributed by atoms with Crippen LogP contribution in [0.4, 0.5) is 0 Å². The van der Waals surface area contributed by atoms with Gasteiger partial charge in [0.05, 0.1) is 12.5 Å². The molecule has 1 aliphatic carbocycles. The van der Waals surface area contributed by atoms with Gasteiger partial charge in [0.2, 0.25) is 0 Å². The van der Waals surface area contributed by atoms with Gasteiger partial charge in [0, 0.05) is 13.6 Å². The zero-order valence-electron chi connectivity index (χ0n) is 10.8. The Morgan fingerprint density at radius 2 is 2.35 bits per heavy atom. The van der Waals surface area contributed by atoms with E-state index in [1.54, 1.807) is 12.6 Å². The molecule has 0 fully saturated rings. The van der Waals surface area contributed by atoms with Crippen LogP contribution in [0.2, 0.25) is 0 Å². The summed E-state index contributed by atoms with van der Waals surface area (Å²) in [7, 11) is 1.72. The van der Waals surface area contributed by atoms with Gasteiger partial charge in [-0.2, -0.15) is 5.26 Å². The molecule has 0 heterocycles. The minimum atomic E-state index is 0.380. The Morgan fingerprint density at radius 3 is 2.94 bits per heavy atom. The van der Waals surface area contributed by atoms with Crippen molar-refractivity contribution in [2.75, 3.05) is 13.6 Å². The van der Waals surface area contributed by atoms with Gasteiger partial charge in [-0.05, 0) is 32.6 Å². The van der Waals surface area contributed by atoms with Gasteiger partial charge in [0.25, 0.3) is 0 Å². The fourth-order valence-corrected chi connectivity index (χ4v) is 1.95. The van der Waals surface area contributed by atoms with Gasteiger partial charge in [0.15, 0.2) is 0 Å². The second-order valence-electron chi connectivity index (χ2n) is 4.28. The maximum atomic E-state index is 8.56. The summed E-state index contributed by atoms with van der Waals surface area (Å²) < 4.78 is 0. The quantitative estimate of drug-likeness (QED) is 0.434. The highest BCUT2D eigenvalue weighted by Crippen LogP contribution is 2.22. The van der Waals surface area contributed by atoms with Crippen molar-refractivity contribution in [2.45, 2.75) is 39.0 Å². The number of aliphatic imine (C=N–C) groups is 1. The first kappa shape index (κ1) is 13.5. The van der Waals surface area contributed by atoms with Crippen molar-refractivity contribution < 1.29 is 0 Å². The van der Waals surface area contributed by atoms with E-state index in [-0.39, 0.29) is 0 Å². The normalized spacial score (nSPS) is 15.2. The number of allylic oxidation sites excluding steroid dienone is 4. The molecule has 1 N–H and O–H groups in total. The van der Waals surface area contributed by atoms with Crippen LogP contribution in [-0.4, -0.2) is 19.4 Å². The highest BCUT2D eigenvalue weighted by atomic mass is 15.0. The summed E-state index contributed by atoms with van der Waals surface area (Å²) >= 11 is 0. The van der Waals surface area contributed by atoms with Gasteiger partial charge in [-0.3, -0.25) is 4.99 Å². The summed E-state index contributed by atoms with van der Waals surface area (Å²) in [5.41, 5.74) is 3.02. The molecular weight excluding hydrogens is 210 g/mol. The van der Waals surface area contributed by atoms with Crippen LogP contribution in [-0.2, 0) is 0 Å². The topological polar surface area (TPSA) is 48.2 Å². The van der Waals surface area contributed by atoms with E-state index in [0.29, 0.717) is 6.42 Å². The molecule has 0 saturated carbocycles. The summed E-state index contributed by atoms with van der Waals surface area (Å²) in [6.45, 7) is 3.10. The molecule has 17 heavy (non-hydrogen) atoms.